The second-order valence-corrected chi connectivity index (χ2v) is 6.49. The van der Waals surface area contributed by atoms with E-state index < -0.39 is 6.04 Å². The summed E-state index contributed by atoms with van der Waals surface area (Å²) in [5.74, 6) is 0.448. The number of benzene rings is 1. The van der Waals surface area contributed by atoms with Crippen LogP contribution in [0.2, 0.25) is 0 Å². The first-order chi connectivity index (χ1) is 9.36. The number of rotatable bonds is 7. The van der Waals surface area contributed by atoms with Crippen molar-refractivity contribution in [2.24, 2.45) is 5.73 Å². The van der Waals surface area contributed by atoms with E-state index in [0.29, 0.717) is 13.0 Å². The Labute approximate surface area is 136 Å². The molecule has 0 spiro atoms. The van der Waals surface area contributed by atoms with Crippen LogP contribution in [0.25, 0.3) is 0 Å². The van der Waals surface area contributed by atoms with Gasteiger partial charge in [0.05, 0.1) is 6.04 Å². The van der Waals surface area contributed by atoms with E-state index in [2.05, 4.69) is 5.32 Å². The third-order valence-corrected chi connectivity index (χ3v) is 3.92. The number of carbonyl (C=O) groups is 1. The predicted molar refractivity (Wildman–Crippen MR) is 90.7 cm³/mol. The van der Waals surface area contributed by atoms with Gasteiger partial charge >= 0.3 is 0 Å². The van der Waals surface area contributed by atoms with E-state index in [1.807, 2.05) is 26.2 Å². The Bertz CT molecular complexity index is 457. The number of halogens is 2. The van der Waals surface area contributed by atoms with Crippen LogP contribution in [0.1, 0.15) is 25.8 Å². The third-order valence-electron chi connectivity index (χ3n) is 3.28. The highest BCUT2D eigenvalue weighted by Crippen LogP contribution is 2.22. The Hall–Kier alpha value is -0.780. The molecule has 1 aromatic carbocycles. The van der Waals surface area contributed by atoms with Crippen LogP contribution in [0.5, 0.6) is 0 Å². The minimum Gasteiger partial charge on any atom is -0.354 e. The quantitative estimate of drug-likeness (QED) is 0.806. The average molecular weight is 335 g/mol. The molecule has 0 unspecified atom stereocenters. The first kappa shape index (κ1) is 20.2. The standard InChI is InChI=1S/C15H23FN2OS.ClH/c1-15(2,11-5-4-6-12(16)9-11)10-18-14(19)13(17)7-8-20-3;/h4-6,9,13H,7-8,10,17H2,1-3H3,(H,18,19);1H/t13-;/m0./s1. The molecular formula is C15H24ClFN2OS. The second-order valence-electron chi connectivity index (χ2n) is 5.50. The molecular weight excluding hydrogens is 311 g/mol. The molecule has 1 aromatic rings. The predicted octanol–water partition coefficient (Wildman–Crippen LogP) is 2.72. The molecule has 0 heterocycles. The first-order valence-electron chi connectivity index (χ1n) is 6.65. The van der Waals surface area contributed by atoms with E-state index in [-0.39, 0.29) is 29.5 Å². The van der Waals surface area contributed by atoms with Gasteiger partial charge in [-0.05, 0) is 36.1 Å². The lowest BCUT2D eigenvalue weighted by molar-refractivity contribution is -0.122. The van der Waals surface area contributed by atoms with Gasteiger partial charge in [-0.1, -0.05) is 26.0 Å². The maximum absolute atomic E-state index is 13.3. The van der Waals surface area contributed by atoms with E-state index in [9.17, 15) is 9.18 Å². The molecule has 120 valence electrons. The molecule has 3 N–H and O–H groups in total. The fourth-order valence-corrected chi connectivity index (χ4v) is 2.32. The summed E-state index contributed by atoms with van der Waals surface area (Å²) in [7, 11) is 0. The van der Waals surface area contributed by atoms with E-state index in [1.165, 1.54) is 12.1 Å². The lowest BCUT2D eigenvalue weighted by Crippen LogP contribution is -2.45. The van der Waals surface area contributed by atoms with E-state index in [4.69, 9.17) is 5.73 Å². The van der Waals surface area contributed by atoms with Crippen LogP contribution in [0, 0.1) is 5.82 Å². The topological polar surface area (TPSA) is 55.1 Å². The van der Waals surface area contributed by atoms with E-state index in [0.717, 1.165) is 11.3 Å². The number of hydrogen-bond acceptors (Lipinski definition) is 3. The molecule has 0 bridgehead atoms. The molecule has 0 aromatic heterocycles. The molecule has 0 radical (unpaired) electrons. The normalized spacial score (nSPS) is 12.4. The van der Waals surface area contributed by atoms with Crippen molar-refractivity contribution in [2.75, 3.05) is 18.6 Å². The van der Waals surface area contributed by atoms with Gasteiger partial charge in [-0.3, -0.25) is 4.79 Å². The monoisotopic (exact) mass is 334 g/mol. The lowest BCUT2D eigenvalue weighted by Gasteiger charge is -2.26. The van der Waals surface area contributed by atoms with Crippen molar-refractivity contribution in [1.29, 1.82) is 0 Å². The minimum absolute atomic E-state index is 0. The molecule has 3 nitrogen and oxygen atoms in total. The molecule has 0 aliphatic heterocycles. The van der Waals surface area contributed by atoms with Crippen LogP contribution in [-0.2, 0) is 10.2 Å². The second kappa shape index (κ2) is 9.28. The summed E-state index contributed by atoms with van der Waals surface area (Å²) >= 11 is 1.67. The Morgan fingerprint density at radius 3 is 2.71 bits per heavy atom. The Balaban J connectivity index is 0.00000400. The van der Waals surface area contributed by atoms with Gasteiger partial charge < -0.3 is 11.1 Å². The maximum atomic E-state index is 13.3. The molecule has 1 rings (SSSR count). The van der Waals surface area contributed by atoms with Crippen LogP contribution in [0.4, 0.5) is 4.39 Å². The molecule has 0 saturated heterocycles. The smallest absolute Gasteiger partial charge is 0.236 e. The number of amides is 1. The van der Waals surface area contributed by atoms with Crippen LogP contribution in [0.3, 0.4) is 0 Å². The van der Waals surface area contributed by atoms with Crippen molar-refractivity contribution in [2.45, 2.75) is 31.7 Å². The number of thioether (sulfide) groups is 1. The molecule has 0 fully saturated rings. The summed E-state index contributed by atoms with van der Waals surface area (Å²) in [5, 5.41) is 2.85. The average Bonchev–Trinajstić information content (AvgIpc) is 2.42. The molecule has 21 heavy (non-hydrogen) atoms. The van der Waals surface area contributed by atoms with Gasteiger partial charge in [0, 0.05) is 12.0 Å². The van der Waals surface area contributed by atoms with Crippen molar-refractivity contribution < 1.29 is 9.18 Å². The van der Waals surface area contributed by atoms with E-state index >= 15 is 0 Å². The maximum Gasteiger partial charge on any atom is 0.236 e. The van der Waals surface area contributed by atoms with Gasteiger partial charge in [0.25, 0.3) is 0 Å². The minimum atomic E-state index is -0.481. The van der Waals surface area contributed by atoms with Crippen molar-refractivity contribution in [3.05, 3.63) is 35.6 Å². The lowest BCUT2D eigenvalue weighted by atomic mass is 9.84. The number of hydrogen-bond donors (Lipinski definition) is 2. The van der Waals surface area contributed by atoms with Crippen LogP contribution in [-0.4, -0.2) is 30.5 Å². The fourth-order valence-electron chi connectivity index (χ4n) is 1.83. The zero-order chi connectivity index (χ0) is 15.2. The summed E-state index contributed by atoms with van der Waals surface area (Å²) in [5.41, 5.74) is 6.33. The Morgan fingerprint density at radius 1 is 1.48 bits per heavy atom. The van der Waals surface area contributed by atoms with Gasteiger partial charge in [0.1, 0.15) is 5.82 Å². The SMILES string of the molecule is CSCC[C@H](N)C(=O)NCC(C)(C)c1cccc(F)c1.Cl. The highest BCUT2D eigenvalue weighted by molar-refractivity contribution is 7.98. The first-order valence-corrected chi connectivity index (χ1v) is 8.04. The zero-order valence-electron chi connectivity index (χ0n) is 12.7. The highest BCUT2D eigenvalue weighted by Gasteiger charge is 2.23. The third kappa shape index (κ3) is 6.68. The van der Waals surface area contributed by atoms with Crippen LogP contribution in [0.15, 0.2) is 24.3 Å². The molecule has 1 amide bonds. The Morgan fingerprint density at radius 2 is 2.14 bits per heavy atom. The number of carbonyl (C=O) groups excluding carboxylic acids is 1. The van der Waals surface area contributed by atoms with Crippen LogP contribution < -0.4 is 11.1 Å². The zero-order valence-corrected chi connectivity index (χ0v) is 14.3. The summed E-state index contributed by atoms with van der Waals surface area (Å²) in [6, 6.07) is 5.98. The molecule has 6 heteroatoms. The summed E-state index contributed by atoms with van der Waals surface area (Å²) < 4.78 is 13.3. The van der Waals surface area contributed by atoms with Crippen molar-refractivity contribution in [1.82, 2.24) is 5.32 Å². The van der Waals surface area contributed by atoms with Gasteiger partial charge in [0.15, 0.2) is 0 Å². The van der Waals surface area contributed by atoms with Crippen molar-refractivity contribution in [3.63, 3.8) is 0 Å². The molecule has 0 saturated carbocycles. The summed E-state index contributed by atoms with van der Waals surface area (Å²) in [6.45, 7) is 4.37. The number of nitrogens with one attached hydrogen (secondary N) is 1. The van der Waals surface area contributed by atoms with Crippen molar-refractivity contribution >= 4 is 30.1 Å². The summed E-state index contributed by atoms with van der Waals surface area (Å²) in [6.07, 6.45) is 2.64. The van der Waals surface area contributed by atoms with Crippen LogP contribution >= 0.6 is 24.2 Å². The number of nitrogens with two attached hydrogens (primary N) is 1. The van der Waals surface area contributed by atoms with Gasteiger partial charge in [-0.15, -0.1) is 12.4 Å². The summed E-state index contributed by atoms with van der Waals surface area (Å²) in [4.78, 5) is 11.9. The fraction of sp³-hybridized carbons (Fsp3) is 0.533. The van der Waals surface area contributed by atoms with E-state index in [1.54, 1.807) is 17.8 Å². The molecule has 0 aliphatic rings. The largest absolute Gasteiger partial charge is 0.354 e. The molecule has 1 atom stereocenters. The highest BCUT2D eigenvalue weighted by atomic mass is 35.5. The van der Waals surface area contributed by atoms with Gasteiger partial charge in [0.2, 0.25) is 5.91 Å². The Kier molecular flexibility index (Phi) is 8.94. The molecule has 0 aliphatic carbocycles. The van der Waals surface area contributed by atoms with Crippen molar-refractivity contribution in [3.8, 4) is 0 Å². The van der Waals surface area contributed by atoms with Gasteiger partial charge in [-0.25, -0.2) is 4.39 Å². The van der Waals surface area contributed by atoms with Gasteiger partial charge in [-0.2, -0.15) is 11.8 Å².